The third-order valence-corrected chi connectivity index (χ3v) is 12.1. The van der Waals surface area contributed by atoms with Crippen LogP contribution in [0.3, 0.4) is 0 Å². The summed E-state index contributed by atoms with van der Waals surface area (Å²) in [5, 5.41) is 4.56. The number of amides is 2. The molecule has 1 aliphatic heterocycles. The van der Waals surface area contributed by atoms with Gasteiger partial charge in [0.05, 0.1) is 28.8 Å². The van der Waals surface area contributed by atoms with Crippen molar-refractivity contribution in [2.24, 2.45) is 0 Å². The van der Waals surface area contributed by atoms with Crippen molar-refractivity contribution >= 4 is 66.7 Å². The number of fused-ring (bicyclic) bond motifs is 2. The number of imide groups is 1. The van der Waals surface area contributed by atoms with E-state index in [1.54, 1.807) is 6.20 Å². The molecule has 5 rings (SSSR count). The fraction of sp³-hybridized carbons (Fsp3) is 0.312. The molecule has 0 spiro atoms. The molecule has 3 heterocycles. The second kappa shape index (κ2) is 10.3. The largest absolute Gasteiger partial charge is 0.361 e. The number of H-pyrrole nitrogens is 1. The summed E-state index contributed by atoms with van der Waals surface area (Å²) < 4.78 is 8.65. The van der Waals surface area contributed by atoms with Crippen molar-refractivity contribution in [1.29, 1.82) is 0 Å². The summed E-state index contributed by atoms with van der Waals surface area (Å²) in [7, 11) is -1.33. The Labute approximate surface area is 241 Å². The van der Waals surface area contributed by atoms with E-state index < -0.39 is 22.1 Å². The maximum atomic E-state index is 13.4. The van der Waals surface area contributed by atoms with Crippen molar-refractivity contribution in [1.82, 2.24) is 14.9 Å². The normalized spacial score (nSPS) is 16.6. The number of halogens is 1. The number of allylic oxidation sites excluding steroid dienone is 1. The fourth-order valence-corrected chi connectivity index (χ4v) is 6.87. The molecule has 2 amide bonds. The number of rotatable bonds is 8. The Morgan fingerprint density at radius 1 is 1.02 bits per heavy atom. The van der Waals surface area contributed by atoms with Crippen molar-refractivity contribution in [3.8, 4) is 0 Å². The van der Waals surface area contributed by atoms with E-state index in [4.69, 9.17) is 15.8 Å². The maximum absolute atomic E-state index is 13.4. The van der Waals surface area contributed by atoms with Crippen LogP contribution < -0.4 is 5.32 Å². The van der Waals surface area contributed by atoms with Crippen molar-refractivity contribution < 1.29 is 13.8 Å². The van der Waals surface area contributed by atoms with Gasteiger partial charge in [0.25, 0.3) is 11.8 Å². The molecule has 2 aromatic carbocycles. The summed E-state index contributed by atoms with van der Waals surface area (Å²) in [6, 6.07) is 15.3. The van der Waals surface area contributed by atoms with Gasteiger partial charge in [0.15, 0.2) is 0 Å². The third-order valence-electron chi connectivity index (χ3n) is 7.95. The summed E-state index contributed by atoms with van der Waals surface area (Å²) in [5.74, 6) is -0.898. The van der Waals surface area contributed by atoms with E-state index in [2.05, 4.69) is 57.1 Å². The van der Waals surface area contributed by atoms with Crippen LogP contribution in [0, 0.1) is 0 Å². The minimum atomic E-state index is -1.33. The van der Waals surface area contributed by atoms with Gasteiger partial charge in [-0.3, -0.25) is 14.9 Å². The lowest BCUT2D eigenvalue weighted by Crippen LogP contribution is -2.29. The molecule has 0 bridgehead atoms. The molecule has 4 aromatic rings. The summed E-state index contributed by atoms with van der Waals surface area (Å²) in [6.07, 6.45) is 8.61. The van der Waals surface area contributed by atoms with Crippen molar-refractivity contribution in [3.63, 3.8) is 0 Å². The van der Waals surface area contributed by atoms with Crippen LogP contribution in [0.2, 0.25) is 5.15 Å². The molecule has 2 aromatic heterocycles. The van der Waals surface area contributed by atoms with Gasteiger partial charge in [0.1, 0.15) is 5.15 Å². The topological polar surface area (TPSA) is 76.1 Å². The number of benzene rings is 2. The van der Waals surface area contributed by atoms with Crippen LogP contribution in [0.5, 0.6) is 0 Å². The molecular formula is C32H36ClN3O3S. The van der Waals surface area contributed by atoms with E-state index in [0.29, 0.717) is 28.3 Å². The molecule has 0 saturated heterocycles. The number of carbonyl (C=O) groups excluding carboxylic acids is 2. The highest BCUT2D eigenvalue weighted by molar-refractivity contribution is 8.29. The quantitative estimate of drug-likeness (QED) is 0.167. The number of para-hydroxylation sites is 2. The monoisotopic (exact) mass is 577 g/mol. The minimum absolute atomic E-state index is 0.0313. The zero-order chi connectivity index (χ0) is 29.0. The van der Waals surface area contributed by atoms with Gasteiger partial charge in [-0.05, 0) is 38.0 Å². The van der Waals surface area contributed by atoms with Gasteiger partial charge in [-0.1, -0.05) is 74.8 Å². The number of carbonyl (C=O) groups is 2. The van der Waals surface area contributed by atoms with Crippen LogP contribution in [0.25, 0.3) is 33.0 Å². The number of hydrogen-bond acceptors (Lipinski definition) is 3. The van der Waals surface area contributed by atoms with Gasteiger partial charge in [-0.15, -0.1) is 16.9 Å². The van der Waals surface area contributed by atoms with E-state index in [0.717, 1.165) is 21.8 Å². The first kappa shape index (κ1) is 28.3. The molecule has 1 aliphatic rings. The van der Waals surface area contributed by atoms with Crippen LogP contribution >= 0.6 is 21.9 Å². The lowest BCUT2D eigenvalue weighted by atomic mass is 9.95. The predicted molar refractivity (Wildman–Crippen MR) is 169 cm³/mol. The molecule has 8 heteroatoms. The highest BCUT2D eigenvalue weighted by Gasteiger charge is 2.37. The predicted octanol–water partition coefficient (Wildman–Crippen LogP) is 7.64. The summed E-state index contributed by atoms with van der Waals surface area (Å²) in [6.45, 7) is 12.8. The van der Waals surface area contributed by atoms with E-state index in [1.165, 1.54) is 0 Å². The molecule has 40 heavy (non-hydrogen) atoms. The van der Waals surface area contributed by atoms with Crippen molar-refractivity contribution in [3.05, 3.63) is 83.7 Å². The number of aromatic amines is 1. The van der Waals surface area contributed by atoms with Gasteiger partial charge in [0.2, 0.25) is 0 Å². The van der Waals surface area contributed by atoms with Crippen LogP contribution in [-0.2, 0) is 13.8 Å². The molecule has 6 nitrogen and oxygen atoms in total. The SMILES string of the molecule is C=CC(CC(C)OS(C)(C)C(C)(C)C)n1c(Cl)c(C2=C(c3c[nH]c4ccccc34)C(=O)NC2=O)c2ccccc21. The molecule has 0 fully saturated rings. The number of nitrogens with zero attached hydrogens (tertiary/aromatic N) is 1. The lowest BCUT2D eigenvalue weighted by molar-refractivity contribution is -0.122. The number of aromatic nitrogens is 2. The van der Waals surface area contributed by atoms with Crippen molar-refractivity contribution in [2.45, 2.75) is 51.0 Å². The van der Waals surface area contributed by atoms with E-state index in [1.807, 2.05) is 59.2 Å². The Morgan fingerprint density at radius 2 is 1.65 bits per heavy atom. The Hall–Kier alpha value is -3.26. The summed E-state index contributed by atoms with van der Waals surface area (Å²) >= 11 is 7.20. The second-order valence-corrected chi connectivity index (χ2v) is 15.9. The van der Waals surface area contributed by atoms with Crippen LogP contribution in [0.4, 0.5) is 0 Å². The molecule has 2 atom stereocenters. The molecule has 0 radical (unpaired) electrons. The minimum Gasteiger partial charge on any atom is -0.361 e. The molecular weight excluding hydrogens is 542 g/mol. The van der Waals surface area contributed by atoms with E-state index in [-0.39, 0.29) is 22.5 Å². The molecule has 2 unspecified atom stereocenters. The standard InChI is InChI=1S/C32H36ClN3O3S/c1-8-20(17-19(2)39-40(6,7)32(3,4)5)36-25-16-12-10-14-22(25)26(29(36)33)28-27(30(37)35-31(28)38)23-18-34-24-15-11-9-13-21(23)24/h8-16,18-20,34H,1,17H2,2-7H3,(H,35,37,38). The van der Waals surface area contributed by atoms with Gasteiger partial charge < -0.3 is 13.7 Å². The lowest BCUT2D eigenvalue weighted by Gasteiger charge is -2.45. The highest BCUT2D eigenvalue weighted by atomic mass is 35.5. The summed E-state index contributed by atoms with van der Waals surface area (Å²) in [5.41, 5.74) is 3.54. The maximum Gasteiger partial charge on any atom is 0.259 e. The number of nitrogens with one attached hydrogen (secondary N) is 2. The van der Waals surface area contributed by atoms with Gasteiger partial charge in [0, 0.05) is 38.4 Å². The fourth-order valence-electron chi connectivity index (χ4n) is 5.26. The van der Waals surface area contributed by atoms with Crippen LogP contribution in [0.15, 0.2) is 67.4 Å². The molecule has 0 aliphatic carbocycles. The Bertz CT molecular complexity index is 1690. The van der Waals surface area contributed by atoms with Gasteiger partial charge in [-0.2, -0.15) is 0 Å². The molecule has 210 valence electrons. The average Bonchev–Trinajstić information content (AvgIpc) is 3.52. The third kappa shape index (κ3) is 4.70. The molecule has 2 N–H and O–H groups in total. The zero-order valence-electron chi connectivity index (χ0n) is 23.8. The number of hydrogen-bond donors (Lipinski definition) is 2. The second-order valence-electron chi connectivity index (χ2n) is 11.6. The smallest absolute Gasteiger partial charge is 0.259 e. The molecule has 0 saturated carbocycles. The zero-order valence-corrected chi connectivity index (χ0v) is 25.4. The Morgan fingerprint density at radius 3 is 2.33 bits per heavy atom. The van der Waals surface area contributed by atoms with E-state index in [9.17, 15) is 9.59 Å². The summed E-state index contributed by atoms with van der Waals surface area (Å²) in [4.78, 5) is 29.8. The Kier molecular flexibility index (Phi) is 7.27. The van der Waals surface area contributed by atoms with E-state index >= 15 is 0 Å². The van der Waals surface area contributed by atoms with Crippen molar-refractivity contribution in [2.75, 3.05) is 12.5 Å². The first-order valence-electron chi connectivity index (χ1n) is 13.3. The average molecular weight is 578 g/mol. The first-order valence-corrected chi connectivity index (χ1v) is 16.1. The Balaban J connectivity index is 1.66. The van der Waals surface area contributed by atoms with Crippen LogP contribution in [-0.4, -0.2) is 44.7 Å². The van der Waals surface area contributed by atoms with Crippen LogP contribution in [0.1, 0.15) is 51.3 Å². The first-order chi connectivity index (χ1) is 18.9. The van der Waals surface area contributed by atoms with Gasteiger partial charge >= 0.3 is 0 Å². The van der Waals surface area contributed by atoms with Gasteiger partial charge in [-0.25, -0.2) is 0 Å². The highest BCUT2D eigenvalue weighted by Crippen LogP contribution is 2.55.